The first kappa shape index (κ1) is 31.8. The minimum Gasteiger partial charge on any atom is -0.510 e. The van der Waals surface area contributed by atoms with E-state index in [0.717, 1.165) is 61.0 Å². The summed E-state index contributed by atoms with van der Waals surface area (Å²) in [4.78, 5) is 4.46. The van der Waals surface area contributed by atoms with Gasteiger partial charge in [0.25, 0.3) is 6.33 Å². The second kappa shape index (κ2) is 14.9. The number of imidazole rings is 1. The van der Waals surface area contributed by atoms with Crippen LogP contribution in [0.4, 0.5) is 0 Å². The van der Waals surface area contributed by atoms with Crippen molar-refractivity contribution in [2.24, 2.45) is 0 Å². The van der Waals surface area contributed by atoms with Crippen LogP contribution in [0.3, 0.4) is 0 Å². The zero-order valence-corrected chi connectivity index (χ0v) is 32.5. The molecule has 272 valence electrons. The number of aromatic nitrogens is 4. The molecule has 0 aliphatic carbocycles. The molecule has 0 saturated carbocycles. The van der Waals surface area contributed by atoms with Crippen LogP contribution in [0.25, 0.3) is 72.3 Å². The van der Waals surface area contributed by atoms with Crippen LogP contribution >= 0.6 is 0 Å². The topological polar surface area (TPSA) is 35.9 Å². The summed E-state index contributed by atoms with van der Waals surface area (Å²) < 4.78 is 38.4. The number of hydrogen-bond acceptors (Lipinski definition) is 2. The molecule has 56 heavy (non-hydrogen) atoms. The first-order chi connectivity index (χ1) is 28.5. The molecule has 0 N–H and O–H groups in total. The Labute approximate surface area is 344 Å². The molecule has 10 rings (SSSR count). The molecule has 6 heteroatoms. The van der Waals surface area contributed by atoms with Gasteiger partial charge in [-0.15, -0.1) is 29.7 Å². The monoisotopic (exact) mass is 904 g/mol. The van der Waals surface area contributed by atoms with E-state index in [9.17, 15) is 0 Å². The second-order valence-corrected chi connectivity index (χ2v) is 13.3. The van der Waals surface area contributed by atoms with Gasteiger partial charge < -0.3 is 13.9 Å². The van der Waals surface area contributed by atoms with Crippen LogP contribution < -0.4 is 9.30 Å². The van der Waals surface area contributed by atoms with E-state index in [1.807, 2.05) is 94.9 Å². The van der Waals surface area contributed by atoms with Crippen molar-refractivity contribution in [3.63, 3.8) is 0 Å². The van der Waals surface area contributed by atoms with E-state index in [1.54, 1.807) is 0 Å². The molecule has 0 radical (unpaired) electrons. The van der Waals surface area contributed by atoms with Gasteiger partial charge in [-0.2, -0.15) is 18.2 Å². The number of rotatable bonds is 8. The second-order valence-electron chi connectivity index (χ2n) is 13.3. The number of ether oxygens (including phenoxy) is 1. The molecule has 5 nitrogen and oxygen atoms in total. The third-order valence-corrected chi connectivity index (χ3v) is 9.96. The van der Waals surface area contributed by atoms with E-state index in [4.69, 9.17) is 8.85 Å². The van der Waals surface area contributed by atoms with Gasteiger partial charge in [-0.25, -0.2) is 4.98 Å². The Kier molecular flexibility index (Phi) is 8.47. The third-order valence-electron chi connectivity index (χ3n) is 9.96. The smallest absolute Gasteiger partial charge is 0.268 e. The van der Waals surface area contributed by atoms with Crippen LogP contribution in [0.2, 0.25) is 0 Å². The molecule has 0 fully saturated rings. The fourth-order valence-electron chi connectivity index (χ4n) is 7.41. The van der Waals surface area contributed by atoms with Crippen LogP contribution in [-0.4, -0.2) is 14.1 Å². The Morgan fingerprint density at radius 1 is 0.661 bits per heavy atom. The first-order valence-corrected chi connectivity index (χ1v) is 18.3. The van der Waals surface area contributed by atoms with Crippen molar-refractivity contribution in [1.82, 2.24) is 14.1 Å². The predicted octanol–water partition coefficient (Wildman–Crippen LogP) is 11.5. The maximum Gasteiger partial charge on any atom is 0.268 e. The number of pyridine rings is 1. The molecular weight excluding hydrogens is 868 g/mol. The molecule has 7 aromatic carbocycles. The Morgan fingerprint density at radius 3 is 2.07 bits per heavy atom. The number of hydrogen-bond donors (Lipinski definition) is 0. The first-order valence-electron chi connectivity index (χ1n) is 19.8. The summed E-state index contributed by atoms with van der Waals surface area (Å²) in [5.41, 5.74) is 10.1. The van der Waals surface area contributed by atoms with Crippen molar-refractivity contribution in [1.29, 1.82) is 0 Å². The fourth-order valence-corrected chi connectivity index (χ4v) is 7.41. The van der Waals surface area contributed by atoms with E-state index in [0.29, 0.717) is 34.8 Å². The van der Waals surface area contributed by atoms with Crippen molar-refractivity contribution in [3.8, 4) is 50.9 Å². The average molecular weight is 905 g/mol. The molecule has 0 aliphatic heterocycles. The molecule has 0 atom stereocenters. The molecule has 0 spiro atoms. The molecule has 0 bridgehead atoms. The zero-order chi connectivity index (χ0) is 39.3. The van der Waals surface area contributed by atoms with Crippen molar-refractivity contribution in [2.45, 2.75) is 13.3 Å². The Bertz CT molecular complexity index is 3120. The Balaban J connectivity index is 0.00000449. The van der Waals surface area contributed by atoms with Crippen molar-refractivity contribution in [3.05, 3.63) is 200 Å². The molecular formula is C50H34N4OPt-2. The Hall–Kier alpha value is -6.55. The van der Waals surface area contributed by atoms with Crippen LogP contribution in [0.1, 0.15) is 16.6 Å². The van der Waals surface area contributed by atoms with Crippen molar-refractivity contribution in [2.75, 3.05) is 0 Å². The summed E-state index contributed by atoms with van der Waals surface area (Å²) in [5.74, 6) is 1.23. The van der Waals surface area contributed by atoms with Gasteiger partial charge in [-0.1, -0.05) is 134 Å². The zero-order valence-electron chi connectivity index (χ0n) is 33.2. The largest absolute Gasteiger partial charge is 0.510 e. The van der Waals surface area contributed by atoms with E-state index < -0.39 is 0 Å². The van der Waals surface area contributed by atoms with Crippen LogP contribution in [0, 0.1) is 18.5 Å². The maximum atomic E-state index is 9.03. The summed E-state index contributed by atoms with van der Waals surface area (Å²) in [7, 11) is 0. The van der Waals surface area contributed by atoms with Gasteiger partial charge in [0.15, 0.2) is 0 Å². The van der Waals surface area contributed by atoms with Crippen molar-refractivity contribution >= 4 is 32.8 Å². The van der Waals surface area contributed by atoms with Gasteiger partial charge in [-0.05, 0) is 63.5 Å². The predicted molar refractivity (Wildman–Crippen MR) is 220 cm³/mol. The molecule has 0 amide bonds. The van der Waals surface area contributed by atoms with Crippen molar-refractivity contribution < 1.29 is 34.5 Å². The molecule has 10 aromatic rings. The molecule has 0 saturated heterocycles. The number of fused-ring (bicyclic) bond motifs is 4. The van der Waals surface area contributed by atoms with Gasteiger partial charge in [0, 0.05) is 44.3 Å². The fraction of sp³-hybridized carbons (Fsp3) is 0.0400. The number of para-hydroxylation sites is 4. The van der Waals surface area contributed by atoms with Gasteiger partial charge in [0.05, 0.1) is 20.8 Å². The molecule has 3 aromatic heterocycles. The van der Waals surface area contributed by atoms with Crippen LogP contribution in [-0.2, 0) is 27.5 Å². The van der Waals surface area contributed by atoms with E-state index in [1.165, 1.54) is 0 Å². The normalized spacial score (nSPS) is 12.0. The maximum absolute atomic E-state index is 9.03. The standard InChI is InChI=1S/C50H34N4O.Pt/c1-2-35-29-30-51-49(31-35)54-45-24-10-9-21-43(45)44-28-27-40(33-48(44)54)55-39-20-13-19-38(32-39)52-34-53(47-26-12-11-25-46(47)52)50-41(36-15-5-3-6-16-36)22-14-23-42(50)37-17-7-4-8-18-37;/h3-31H,2H2,1H3;/q-2;/i29D,30D,31D;. The summed E-state index contributed by atoms with van der Waals surface area (Å²) >= 11 is 0. The minimum atomic E-state index is -0.164. The Morgan fingerprint density at radius 2 is 1.32 bits per heavy atom. The third kappa shape index (κ3) is 6.20. The summed E-state index contributed by atoms with van der Waals surface area (Å²) in [6.45, 7) is 1.89. The number of benzene rings is 7. The van der Waals surface area contributed by atoms with E-state index in [2.05, 4.69) is 107 Å². The molecule has 3 heterocycles. The minimum absolute atomic E-state index is 0. The molecule has 0 unspecified atom stereocenters. The number of nitrogens with zero attached hydrogens (tertiary/aromatic N) is 4. The van der Waals surface area contributed by atoms with Gasteiger partial charge in [0.1, 0.15) is 5.82 Å². The summed E-state index contributed by atoms with van der Waals surface area (Å²) in [6.07, 6.45) is 3.99. The van der Waals surface area contributed by atoms with Crippen LogP contribution in [0.15, 0.2) is 176 Å². The SMILES string of the molecule is [2H]c1nc(-n2c3[c-]c(Oc4[c-]c(-n5[c-][n+](-c6c(-c7ccccc7)cccc6-c6ccccc6)c6ccccc65)ccc4)ccc3c3ccccc32)c([2H])c(CC)c1[2H].[Pt]. The summed E-state index contributed by atoms with van der Waals surface area (Å²) in [5, 5.41) is 1.87. The summed E-state index contributed by atoms with van der Waals surface area (Å²) in [6, 6.07) is 60.3. The molecule has 0 aliphatic rings. The van der Waals surface area contributed by atoms with E-state index in [-0.39, 0.29) is 39.3 Å². The average Bonchev–Trinajstić information content (AvgIpc) is 3.81. The van der Waals surface area contributed by atoms with Gasteiger partial charge >= 0.3 is 0 Å². The quantitative estimate of drug-likeness (QED) is 0.112. The van der Waals surface area contributed by atoms with E-state index >= 15 is 0 Å². The van der Waals surface area contributed by atoms with Crippen LogP contribution in [0.5, 0.6) is 11.5 Å². The van der Waals surface area contributed by atoms with Gasteiger partial charge in [0.2, 0.25) is 0 Å². The van der Waals surface area contributed by atoms with Gasteiger partial charge in [-0.3, -0.25) is 4.57 Å².